The zero-order valence-corrected chi connectivity index (χ0v) is 11.2. The first-order valence-corrected chi connectivity index (χ1v) is 6.08. The standard InChI is InChI=1S/C15H18N4/c1-19(2)14-10-8-12(9-11-14)15(18-16)17-13-6-4-3-5-7-13/h3-11H,16H2,1-2H3,(H,17,18). The molecule has 4 nitrogen and oxygen atoms in total. The van der Waals surface area contributed by atoms with Gasteiger partial charge < -0.3 is 16.1 Å². The second-order valence-corrected chi connectivity index (χ2v) is 4.41. The molecule has 98 valence electrons. The van der Waals surface area contributed by atoms with E-state index in [9.17, 15) is 0 Å². The number of hydrogen-bond donors (Lipinski definition) is 2. The predicted octanol–water partition coefficient (Wildman–Crippen LogP) is 2.49. The molecular weight excluding hydrogens is 236 g/mol. The van der Waals surface area contributed by atoms with Crippen LogP contribution in [0.4, 0.5) is 11.4 Å². The van der Waals surface area contributed by atoms with Crippen molar-refractivity contribution in [1.82, 2.24) is 0 Å². The first kappa shape index (κ1) is 13.0. The molecule has 0 aliphatic rings. The Kier molecular flexibility index (Phi) is 4.03. The Balaban J connectivity index is 2.19. The largest absolute Gasteiger partial charge is 0.378 e. The lowest BCUT2D eigenvalue weighted by atomic mass is 10.1. The minimum Gasteiger partial charge on any atom is -0.378 e. The van der Waals surface area contributed by atoms with E-state index in [-0.39, 0.29) is 0 Å². The van der Waals surface area contributed by atoms with Crippen molar-refractivity contribution in [3.8, 4) is 0 Å². The molecule has 0 radical (unpaired) electrons. The molecule has 0 aliphatic heterocycles. The van der Waals surface area contributed by atoms with Gasteiger partial charge in [-0.25, -0.2) is 0 Å². The lowest BCUT2D eigenvalue weighted by Crippen LogP contribution is -2.16. The van der Waals surface area contributed by atoms with Gasteiger partial charge in [-0.1, -0.05) is 18.2 Å². The molecule has 0 atom stereocenters. The van der Waals surface area contributed by atoms with Crippen molar-refractivity contribution in [2.75, 3.05) is 24.3 Å². The Bertz CT molecular complexity index is 544. The normalized spacial score (nSPS) is 11.2. The molecule has 2 rings (SSSR count). The summed E-state index contributed by atoms with van der Waals surface area (Å²) in [6, 6.07) is 17.9. The molecule has 0 aliphatic carbocycles. The lowest BCUT2D eigenvalue weighted by molar-refractivity contribution is 1.13. The number of rotatable bonds is 3. The SMILES string of the molecule is CN(C)c1ccc(/C(=N/N)Nc2ccccc2)cc1. The van der Waals surface area contributed by atoms with Gasteiger partial charge >= 0.3 is 0 Å². The van der Waals surface area contributed by atoms with Gasteiger partial charge in [0.25, 0.3) is 0 Å². The highest BCUT2D eigenvalue weighted by Gasteiger charge is 2.04. The molecule has 0 amide bonds. The van der Waals surface area contributed by atoms with E-state index in [1.165, 1.54) is 0 Å². The molecule has 2 aromatic rings. The first-order valence-electron chi connectivity index (χ1n) is 6.08. The Labute approximate surface area is 113 Å². The molecule has 0 spiro atoms. The molecule has 2 aromatic carbocycles. The van der Waals surface area contributed by atoms with Crippen LogP contribution in [0.5, 0.6) is 0 Å². The number of nitrogens with zero attached hydrogens (tertiary/aromatic N) is 2. The third-order valence-corrected chi connectivity index (χ3v) is 2.82. The number of para-hydroxylation sites is 1. The van der Waals surface area contributed by atoms with Gasteiger partial charge in [0, 0.05) is 31.0 Å². The second kappa shape index (κ2) is 5.91. The minimum absolute atomic E-state index is 0.650. The number of anilines is 2. The van der Waals surface area contributed by atoms with Crippen LogP contribution in [-0.2, 0) is 0 Å². The van der Waals surface area contributed by atoms with Crippen LogP contribution in [0.2, 0.25) is 0 Å². The zero-order valence-electron chi connectivity index (χ0n) is 11.2. The monoisotopic (exact) mass is 254 g/mol. The van der Waals surface area contributed by atoms with Crippen LogP contribution in [0.3, 0.4) is 0 Å². The predicted molar refractivity (Wildman–Crippen MR) is 81.6 cm³/mol. The van der Waals surface area contributed by atoms with Gasteiger partial charge in [-0.05, 0) is 36.4 Å². The van der Waals surface area contributed by atoms with Crippen molar-refractivity contribution in [3.63, 3.8) is 0 Å². The highest BCUT2D eigenvalue weighted by atomic mass is 15.2. The summed E-state index contributed by atoms with van der Waals surface area (Å²) in [6.07, 6.45) is 0. The Morgan fingerprint density at radius 3 is 2.16 bits per heavy atom. The molecule has 0 aromatic heterocycles. The number of amidine groups is 1. The molecule has 0 saturated heterocycles. The van der Waals surface area contributed by atoms with Crippen molar-refractivity contribution >= 4 is 17.2 Å². The summed E-state index contributed by atoms with van der Waals surface area (Å²) in [5, 5.41) is 7.03. The average Bonchev–Trinajstić information content (AvgIpc) is 2.46. The third kappa shape index (κ3) is 3.25. The Morgan fingerprint density at radius 2 is 1.63 bits per heavy atom. The number of nitrogens with one attached hydrogen (secondary N) is 1. The van der Waals surface area contributed by atoms with Crippen LogP contribution in [0, 0.1) is 0 Å². The number of nitrogens with two attached hydrogens (primary N) is 1. The van der Waals surface area contributed by atoms with E-state index >= 15 is 0 Å². The first-order chi connectivity index (χ1) is 9.20. The topological polar surface area (TPSA) is 53.6 Å². The van der Waals surface area contributed by atoms with Crippen LogP contribution < -0.4 is 16.1 Å². The van der Waals surface area contributed by atoms with Gasteiger partial charge in [0.15, 0.2) is 5.84 Å². The molecule has 3 N–H and O–H groups in total. The summed E-state index contributed by atoms with van der Waals surface area (Å²) in [5.74, 6) is 6.12. The van der Waals surface area contributed by atoms with Gasteiger partial charge in [-0.15, -0.1) is 0 Å². The van der Waals surface area contributed by atoms with Crippen LogP contribution in [-0.4, -0.2) is 19.9 Å². The van der Waals surface area contributed by atoms with Crippen molar-refractivity contribution in [2.45, 2.75) is 0 Å². The fraction of sp³-hybridized carbons (Fsp3) is 0.133. The smallest absolute Gasteiger partial charge is 0.157 e. The fourth-order valence-corrected chi connectivity index (χ4v) is 1.75. The van der Waals surface area contributed by atoms with Gasteiger partial charge in [-0.2, -0.15) is 5.10 Å². The summed E-state index contributed by atoms with van der Waals surface area (Å²) >= 11 is 0. The van der Waals surface area contributed by atoms with Gasteiger partial charge in [0.1, 0.15) is 0 Å². The minimum atomic E-state index is 0.650. The van der Waals surface area contributed by atoms with Crippen molar-refractivity contribution in [2.24, 2.45) is 10.9 Å². The number of benzene rings is 2. The van der Waals surface area contributed by atoms with Crippen molar-refractivity contribution in [3.05, 3.63) is 60.2 Å². The Morgan fingerprint density at radius 1 is 1.00 bits per heavy atom. The van der Waals surface area contributed by atoms with Gasteiger partial charge in [-0.3, -0.25) is 0 Å². The molecule has 0 saturated carbocycles. The molecule has 0 heterocycles. The summed E-state index contributed by atoms with van der Waals surface area (Å²) in [4.78, 5) is 2.05. The molecule has 19 heavy (non-hydrogen) atoms. The van der Waals surface area contributed by atoms with Gasteiger partial charge in [0.05, 0.1) is 0 Å². The second-order valence-electron chi connectivity index (χ2n) is 4.41. The summed E-state index contributed by atoms with van der Waals surface area (Å²) in [5.41, 5.74) is 3.06. The van der Waals surface area contributed by atoms with Crippen LogP contribution >= 0.6 is 0 Å². The quantitative estimate of drug-likeness (QED) is 0.383. The highest BCUT2D eigenvalue weighted by molar-refractivity contribution is 6.08. The summed E-state index contributed by atoms with van der Waals surface area (Å²) in [6.45, 7) is 0. The van der Waals surface area contributed by atoms with E-state index in [2.05, 4.69) is 10.4 Å². The number of hydrazone groups is 1. The van der Waals surface area contributed by atoms with Crippen LogP contribution in [0.15, 0.2) is 59.7 Å². The molecule has 0 fully saturated rings. The lowest BCUT2D eigenvalue weighted by Gasteiger charge is -2.14. The Hall–Kier alpha value is -2.49. The molecule has 4 heteroatoms. The van der Waals surface area contributed by atoms with E-state index in [1.807, 2.05) is 73.6 Å². The maximum Gasteiger partial charge on any atom is 0.157 e. The summed E-state index contributed by atoms with van der Waals surface area (Å²) < 4.78 is 0. The van der Waals surface area contributed by atoms with Gasteiger partial charge in [0.2, 0.25) is 0 Å². The third-order valence-electron chi connectivity index (χ3n) is 2.82. The highest BCUT2D eigenvalue weighted by Crippen LogP contribution is 2.14. The van der Waals surface area contributed by atoms with E-state index in [0.29, 0.717) is 5.84 Å². The average molecular weight is 254 g/mol. The maximum absolute atomic E-state index is 5.47. The van der Waals surface area contributed by atoms with E-state index < -0.39 is 0 Å². The fourth-order valence-electron chi connectivity index (χ4n) is 1.75. The van der Waals surface area contributed by atoms with E-state index in [0.717, 1.165) is 16.9 Å². The zero-order chi connectivity index (χ0) is 13.7. The molecule has 0 unspecified atom stereocenters. The maximum atomic E-state index is 5.47. The molecule has 0 bridgehead atoms. The summed E-state index contributed by atoms with van der Waals surface area (Å²) in [7, 11) is 4.02. The van der Waals surface area contributed by atoms with E-state index in [1.54, 1.807) is 0 Å². The van der Waals surface area contributed by atoms with Crippen LogP contribution in [0.25, 0.3) is 0 Å². The number of hydrogen-bond acceptors (Lipinski definition) is 3. The molecular formula is C15H18N4. The van der Waals surface area contributed by atoms with Crippen molar-refractivity contribution in [1.29, 1.82) is 0 Å². The van der Waals surface area contributed by atoms with Crippen LogP contribution in [0.1, 0.15) is 5.56 Å². The van der Waals surface area contributed by atoms with E-state index in [4.69, 9.17) is 5.84 Å². The van der Waals surface area contributed by atoms with Crippen molar-refractivity contribution < 1.29 is 0 Å².